The summed E-state index contributed by atoms with van der Waals surface area (Å²) in [4.78, 5) is 6.25. The zero-order valence-electron chi connectivity index (χ0n) is 12.8. The maximum Gasteiger partial charge on any atom is 0.113 e. The molecule has 1 aliphatic heterocycles. The number of hydrogen-bond donors (Lipinski definition) is 1. The second-order valence-electron chi connectivity index (χ2n) is 5.77. The van der Waals surface area contributed by atoms with E-state index >= 15 is 0 Å². The molecule has 22 heavy (non-hydrogen) atoms. The fourth-order valence-electron chi connectivity index (χ4n) is 3.05. The van der Waals surface area contributed by atoms with Crippen molar-refractivity contribution < 1.29 is 9.94 Å². The van der Waals surface area contributed by atoms with Crippen molar-refractivity contribution in [3.63, 3.8) is 0 Å². The van der Waals surface area contributed by atoms with E-state index in [4.69, 9.17) is 9.94 Å². The van der Waals surface area contributed by atoms with Crippen molar-refractivity contribution in [2.24, 2.45) is 0 Å². The third kappa shape index (κ3) is 3.49. The van der Waals surface area contributed by atoms with Gasteiger partial charge in [0.25, 0.3) is 0 Å². The molecule has 3 nitrogen and oxygen atoms in total. The Hall–Kier alpha value is -1.84. The lowest BCUT2D eigenvalue weighted by Crippen LogP contribution is -2.27. The first-order valence-electron chi connectivity index (χ1n) is 8.05. The number of aliphatic hydroxyl groups excluding tert-OH is 1. The van der Waals surface area contributed by atoms with Crippen LogP contribution in [0.5, 0.6) is 0 Å². The Morgan fingerprint density at radius 1 is 0.955 bits per heavy atom. The average Bonchev–Trinajstić information content (AvgIpc) is 3.01. The SMILES string of the molecule is OCCCCC1CC(c2ccccc2)ON1c1ccccc1. The Morgan fingerprint density at radius 3 is 2.32 bits per heavy atom. The van der Waals surface area contributed by atoms with Crippen molar-refractivity contribution in [1.29, 1.82) is 0 Å². The fourth-order valence-corrected chi connectivity index (χ4v) is 3.05. The van der Waals surface area contributed by atoms with Crippen LogP contribution < -0.4 is 5.06 Å². The molecule has 2 aromatic carbocycles. The van der Waals surface area contributed by atoms with Gasteiger partial charge in [0.1, 0.15) is 6.10 Å². The molecule has 1 N–H and O–H groups in total. The minimum atomic E-state index is 0.112. The molecule has 1 aliphatic rings. The fraction of sp³-hybridized carbons (Fsp3) is 0.368. The number of unbranched alkanes of at least 4 members (excludes halogenated alkanes) is 1. The molecule has 2 aromatic rings. The molecule has 0 saturated carbocycles. The quantitative estimate of drug-likeness (QED) is 0.815. The van der Waals surface area contributed by atoms with Crippen molar-refractivity contribution in [2.45, 2.75) is 37.8 Å². The minimum absolute atomic E-state index is 0.112. The van der Waals surface area contributed by atoms with E-state index in [9.17, 15) is 0 Å². The lowest BCUT2D eigenvalue weighted by atomic mass is 9.99. The lowest BCUT2D eigenvalue weighted by Gasteiger charge is -2.24. The van der Waals surface area contributed by atoms with Crippen LogP contribution in [-0.4, -0.2) is 17.8 Å². The van der Waals surface area contributed by atoms with Crippen LogP contribution in [0.25, 0.3) is 0 Å². The van der Waals surface area contributed by atoms with Crippen LogP contribution in [-0.2, 0) is 4.84 Å². The third-order valence-corrected chi connectivity index (χ3v) is 4.19. The minimum Gasteiger partial charge on any atom is -0.396 e. The average molecular weight is 297 g/mol. The van der Waals surface area contributed by atoms with E-state index in [1.165, 1.54) is 5.56 Å². The van der Waals surface area contributed by atoms with E-state index in [0.29, 0.717) is 6.04 Å². The van der Waals surface area contributed by atoms with E-state index in [1.54, 1.807) is 0 Å². The summed E-state index contributed by atoms with van der Waals surface area (Å²) in [6.07, 6.45) is 4.02. The van der Waals surface area contributed by atoms with E-state index < -0.39 is 0 Å². The Balaban J connectivity index is 1.76. The summed E-state index contributed by atoms with van der Waals surface area (Å²) in [6.45, 7) is 0.265. The predicted octanol–water partition coefficient (Wildman–Crippen LogP) is 4.10. The number of anilines is 1. The molecule has 0 aromatic heterocycles. The van der Waals surface area contributed by atoms with Crippen LogP contribution >= 0.6 is 0 Å². The van der Waals surface area contributed by atoms with Gasteiger partial charge in [-0.15, -0.1) is 0 Å². The van der Waals surface area contributed by atoms with E-state index in [1.807, 2.05) is 24.3 Å². The largest absolute Gasteiger partial charge is 0.396 e. The Labute approximate surface area is 132 Å². The Morgan fingerprint density at radius 2 is 1.64 bits per heavy atom. The van der Waals surface area contributed by atoms with Gasteiger partial charge in [-0.25, -0.2) is 0 Å². The molecule has 0 amide bonds. The Kier molecular flexibility index (Phi) is 5.09. The first-order chi connectivity index (χ1) is 10.9. The monoisotopic (exact) mass is 297 g/mol. The van der Waals surface area contributed by atoms with Crippen LogP contribution in [0.15, 0.2) is 60.7 Å². The highest BCUT2D eigenvalue weighted by Gasteiger charge is 2.34. The van der Waals surface area contributed by atoms with Gasteiger partial charge in [-0.2, -0.15) is 0 Å². The highest BCUT2D eigenvalue weighted by atomic mass is 16.7. The molecule has 3 rings (SSSR count). The lowest BCUT2D eigenvalue weighted by molar-refractivity contribution is 0.0830. The van der Waals surface area contributed by atoms with Crippen molar-refractivity contribution >= 4 is 5.69 Å². The van der Waals surface area contributed by atoms with Crippen molar-refractivity contribution in [2.75, 3.05) is 11.7 Å². The Bertz CT molecular complexity index is 558. The molecular weight excluding hydrogens is 274 g/mol. The summed E-state index contributed by atoms with van der Waals surface area (Å²) in [5.41, 5.74) is 2.34. The zero-order valence-corrected chi connectivity index (χ0v) is 12.8. The summed E-state index contributed by atoms with van der Waals surface area (Å²) in [7, 11) is 0. The standard InChI is InChI=1S/C19H23NO2/c21-14-8-7-13-18-15-19(16-9-3-1-4-10-16)22-20(18)17-11-5-2-6-12-17/h1-6,9-12,18-19,21H,7-8,13-15H2. The highest BCUT2D eigenvalue weighted by Crippen LogP contribution is 2.38. The van der Waals surface area contributed by atoms with Crippen LogP contribution in [0.4, 0.5) is 5.69 Å². The van der Waals surface area contributed by atoms with Gasteiger partial charge in [0.2, 0.25) is 0 Å². The number of hydroxylamine groups is 1. The molecule has 3 heteroatoms. The van der Waals surface area contributed by atoms with Gasteiger partial charge in [0.15, 0.2) is 0 Å². The number of aliphatic hydroxyl groups is 1. The topological polar surface area (TPSA) is 32.7 Å². The molecular formula is C19H23NO2. The predicted molar refractivity (Wildman–Crippen MR) is 88.5 cm³/mol. The van der Waals surface area contributed by atoms with E-state index in [0.717, 1.165) is 31.4 Å². The molecule has 0 bridgehead atoms. The molecule has 2 atom stereocenters. The van der Waals surface area contributed by atoms with Crippen LogP contribution in [0.3, 0.4) is 0 Å². The number of nitrogens with zero attached hydrogens (tertiary/aromatic N) is 1. The van der Waals surface area contributed by atoms with Gasteiger partial charge in [0, 0.05) is 13.0 Å². The van der Waals surface area contributed by atoms with Gasteiger partial charge >= 0.3 is 0 Å². The van der Waals surface area contributed by atoms with Crippen LogP contribution in [0.1, 0.15) is 37.4 Å². The second kappa shape index (κ2) is 7.43. The molecule has 2 unspecified atom stereocenters. The van der Waals surface area contributed by atoms with Crippen molar-refractivity contribution in [3.8, 4) is 0 Å². The van der Waals surface area contributed by atoms with Crippen molar-refractivity contribution in [1.82, 2.24) is 0 Å². The second-order valence-corrected chi connectivity index (χ2v) is 5.77. The van der Waals surface area contributed by atoms with Gasteiger partial charge in [-0.05, 0) is 37.0 Å². The normalized spacial score (nSPS) is 21.2. The van der Waals surface area contributed by atoms with E-state index in [2.05, 4.69) is 41.5 Å². The first kappa shape index (κ1) is 15.1. The summed E-state index contributed by atoms with van der Waals surface area (Å²) in [5.74, 6) is 0. The summed E-state index contributed by atoms with van der Waals surface area (Å²) in [5, 5.41) is 11.1. The van der Waals surface area contributed by atoms with Crippen molar-refractivity contribution in [3.05, 3.63) is 66.2 Å². The first-order valence-corrected chi connectivity index (χ1v) is 8.05. The molecule has 1 heterocycles. The zero-order chi connectivity index (χ0) is 15.2. The summed E-state index contributed by atoms with van der Waals surface area (Å²) >= 11 is 0. The number of para-hydroxylation sites is 1. The van der Waals surface area contributed by atoms with Gasteiger partial charge < -0.3 is 5.11 Å². The number of rotatable bonds is 6. The van der Waals surface area contributed by atoms with Gasteiger partial charge in [0.05, 0.1) is 11.7 Å². The molecule has 116 valence electrons. The smallest absolute Gasteiger partial charge is 0.113 e. The van der Waals surface area contributed by atoms with Crippen LogP contribution in [0, 0.1) is 0 Å². The highest BCUT2D eigenvalue weighted by molar-refractivity contribution is 5.45. The third-order valence-electron chi connectivity index (χ3n) is 4.19. The molecule has 0 spiro atoms. The number of benzene rings is 2. The number of hydrogen-bond acceptors (Lipinski definition) is 3. The molecule has 0 radical (unpaired) electrons. The van der Waals surface area contributed by atoms with Crippen LogP contribution in [0.2, 0.25) is 0 Å². The molecule has 1 saturated heterocycles. The maximum absolute atomic E-state index is 9.01. The molecule has 0 aliphatic carbocycles. The van der Waals surface area contributed by atoms with Gasteiger partial charge in [-0.3, -0.25) is 9.90 Å². The van der Waals surface area contributed by atoms with E-state index in [-0.39, 0.29) is 12.7 Å². The summed E-state index contributed by atoms with van der Waals surface area (Å²) in [6, 6.07) is 21.1. The molecule has 1 fully saturated rings. The maximum atomic E-state index is 9.01. The summed E-state index contributed by atoms with van der Waals surface area (Å²) < 4.78 is 0. The van der Waals surface area contributed by atoms with Gasteiger partial charge in [-0.1, -0.05) is 48.5 Å².